The second-order valence-corrected chi connectivity index (χ2v) is 9.27. The molecule has 0 aromatic heterocycles. The van der Waals surface area contributed by atoms with Gasteiger partial charge in [0.25, 0.3) is 0 Å². The van der Waals surface area contributed by atoms with Crippen LogP contribution < -0.4 is 10.4 Å². The van der Waals surface area contributed by atoms with Crippen LogP contribution in [0.3, 0.4) is 0 Å². The summed E-state index contributed by atoms with van der Waals surface area (Å²) in [5, 5.41) is 10.6. The van der Waals surface area contributed by atoms with Gasteiger partial charge < -0.3 is 0 Å². The second kappa shape index (κ2) is 5.46. The Morgan fingerprint density at radius 2 is 1.54 bits per heavy atom. The van der Waals surface area contributed by atoms with E-state index in [2.05, 4.69) is 109 Å². The monoisotopic (exact) mass is 422 g/mol. The maximum Gasteiger partial charge on any atom is 0.0260 e. The molecule has 4 aromatic carbocycles. The Labute approximate surface area is 172 Å². The summed E-state index contributed by atoms with van der Waals surface area (Å²) in [4.78, 5) is 0. The van der Waals surface area contributed by atoms with E-state index in [1.165, 1.54) is 53.9 Å². The average Bonchev–Trinajstić information content (AvgIpc) is 3.05. The Balaban J connectivity index is 1.93. The molecule has 28 heavy (non-hydrogen) atoms. The van der Waals surface area contributed by atoms with Gasteiger partial charge in [0, 0.05) is 15.3 Å². The maximum absolute atomic E-state index is 3.83. The Kier molecular flexibility index (Phi) is 3.18. The van der Waals surface area contributed by atoms with Crippen molar-refractivity contribution < 1.29 is 0 Å². The molecule has 0 bridgehead atoms. The predicted octanol–water partition coefficient (Wildman–Crippen LogP) is 6.38. The molecule has 0 spiro atoms. The van der Waals surface area contributed by atoms with Crippen LogP contribution in [0.4, 0.5) is 0 Å². The van der Waals surface area contributed by atoms with E-state index in [-0.39, 0.29) is 5.41 Å². The van der Waals surface area contributed by atoms with Crippen molar-refractivity contribution in [2.75, 3.05) is 0 Å². The summed E-state index contributed by atoms with van der Waals surface area (Å²) in [7, 11) is 0. The number of halogens is 1. The van der Waals surface area contributed by atoms with Gasteiger partial charge in [0.15, 0.2) is 0 Å². The normalized spacial score (nSPS) is 17.0. The lowest BCUT2D eigenvalue weighted by molar-refractivity contribution is 0.644. The van der Waals surface area contributed by atoms with E-state index < -0.39 is 0 Å². The predicted molar refractivity (Wildman–Crippen MR) is 125 cm³/mol. The van der Waals surface area contributed by atoms with Crippen molar-refractivity contribution in [3.05, 3.63) is 93.3 Å². The van der Waals surface area contributed by atoms with E-state index in [9.17, 15) is 0 Å². The van der Waals surface area contributed by atoms with Gasteiger partial charge in [0.05, 0.1) is 0 Å². The highest BCUT2D eigenvalue weighted by atomic mass is 79.9. The highest BCUT2D eigenvalue weighted by Gasteiger charge is 2.28. The first kappa shape index (κ1) is 16.3. The van der Waals surface area contributed by atoms with Gasteiger partial charge in [0.1, 0.15) is 0 Å². The average molecular weight is 423 g/mol. The number of allylic oxidation sites excluding steroid dienone is 4. The van der Waals surface area contributed by atoms with Crippen LogP contribution in [0.25, 0.3) is 44.0 Å². The van der Waals surface area contributed by atoms with Crippen LogP contribution in [0.2, 0.25) is 0 Å². The van der Waals surface area contributed by atoms with Crippen molar-refractivity contribution in [1.29, 1.82) is 0 Å². The number of hydrogen-bond donors (Lipinski definition) is 0. The zero-order valence-electron chi connectivity index (χ0n) is 15.9. The fourth-order valence-electron chi connectivity index (χ4n) is 5.08. The van der Waals surface area contributed by atoms with Crippen LogP contribution in [0.15, 0.2) is 82.9 Å². The van der Waals surface area contributed by atoms with Crippen molar-refractivity contribution in [1.82, 2.24) is 0 Å². The van der Waals surface area contributed by atoms with Gasteiger partial charge in [-0.2, -0.15) is 0 Å². The number of hydrogen-bond acceptors (Lipinski definition) is 0. The number of rotatable bonds is 0. The number of benzene rings is 4. The third kappa shape index (κ3) is 2.06. The van der Waals surface area contributed by atoms with Gasteiger partial charge in [-0.15, -0.1) is 0 Å². The largest absolute Gasteiger partial charge is 0.0744 e. The molecule has 0 aliphatic heterocycles. The third-order valence-electron chi connectivity index (χ3n) is 6.28. The third-order valence-corrected chi connectivity index (χ3v) is 6.94. The molecule has 0 unspecified atom stereocenters. The first-order chi connectivity index (χ1) is 13.5. The molecule has 4 aromatic rings. The van der Waals surface area contributed by atoms with Crippen LogP contribution in [0.1, 0.15) is 13.8 Å². The minimum absolute atomic E-state index is 0.0484. The summed E-state index contributed by atoms with van der Waals surface area (Å²) in [6, 6.07) is 20.1. The first-order valence-electron chi connectivity index (χ1n) is 9.74. The summed E-state index contributed by atoms with van der Waals surface area (Å²) >= 11 is 3.83. The summed E-state index contributed by atoms with van der Waals surface area (Å²) < 4.78 is 1.16. The molecule has 2 aliphatic carbocycles. The van der Waals surface area contributed by atoms with E-state index in [4.69, 9.17) is 0 Å². The summed E-state index contributed by atoms with van der Waals surface area (Å²) in [6.45, 7) is 4.63. The molecule has 0 atom stereocenters. The van der Waals surface area contributed by atoms with Crippen molar-refractivity contribution in [2.45, 2.75) is 13.8 Å². The van der Waals surface area contributed by atoms with Gasteiger partial charge in [-0.05, 0) is 72.8 Å². The van der Waals surface area contributed by atoms with E-state index >= 15 is 0 Å². The van der Waals surface area contributed by atoms with Crippen molar-refractivity contribution in [3.63, 3.8) is 0 Å². The molecule has 134 valence electrons. The first-order valence-corrected chi connectivity index (χ1v) is 10.5. The highest BCUT2D eigenvalue weighted by Crippen LogP contribution is 2.41. The van der Waals surface area contributed by atoms with E-state index in [0.29, 0.717) is 0 Å². The van der Waals surface area contributed by atoms with E-state index in [0.717, 1.165) is 4.47 Å². The molecule has 0 nitrogen and oxygen atoms in total. The Morgan fingerprint density at radius 3 is 2.36 bits per heavy atom. The molecule has 0 saturated heterocycles. The lowest BCUT2D eigenvalue weighted by Gasteiger charge is -2.26. The van der Waals surface area contributed by atoms with Crippen LogP contribution in [-0.2, 0) is 0 Å². The zero-order valence-corrected chi connectivity index (χ0v) is 17.5. The minimum Gasteiger partial charge on any atom is -0.0744 e. The van der Waals surface area contributed by atoms with Crippen LogP contribution in [0, 0.1) is 5.41 Å². The molecular weight excluding hydrogens is 404 g/mol. The lowest BCUT2D eigenvalue weighted by atomic mass is 9.77. The summed E-state index contributed by atoms with van der Waals surface area (Å²) in [5.74, 6) is 0. The molecule has 0 saturated carbocycles. The Hall–Kier alpha value is -2.64. The smallest absolute Gasteiger partial charge is 0.0260 e. The topological polar surface area (TPSA) is 0 Å². The van der Waals surface area contributed by atoms with Crippen LogP contribution >= 0.6 is 15.9 Å². The minimum atomic E-state index is 0.0484. The lowest BCUT2D eigenvalue weighted by Crippen LogP contribution is -2.27. The molecule has 0 radical (unpaired) electrons. The zero-order chi connectivity index (χ0) is 19.0. The molecule has 0 heterocycles. The van der Waals surface area contributed by atoms with Crippen molar-refractivity contribution in [2.24, 2.45) is 5.41 Å². The second-order valence-electron chi connectivity index (χ2n) is 8.42. The molecule has 0 fully saturated rings. The van der Waals surface area contributed by atoms with E-state index in [1.807, 2.05) is 0 Å². The van der Waals surface area contributed by atoms with Crippen molar-refractivity contribution >= 4 is 59.9 Å². The van der Waals surface area contributed by atoms with Gasteiger partial charge in [0.2, 0.25) is 0 Å². The Bertz CT molecular complexity index is 1530. The van der Waals surface area contributed by atoms with Crippen LogP contribution in [-0.4, -0.2) is 0 Å². The van der Waals surface area contributed by atoms with Crippen molar-refractivity contribution in [3.8, 4) is 0 Å². The molecule has 0 amide bonds. The van der Waals surface area contributed by atoms with Gasteiger partial charge in [-0.1, -0.05) is 84.4 Å². The summed E-state index contributed by atoms with van der Waals surface area (Å²) in [6.07, 6.45) is 9.11. The molecular formula is C27H19Br. The molecule has 0 N–H and O–H groups in total. The number of fused-ring (bicyclic) bond motifs is 8. The van der Waals surface area contributed by atoms with Gasteiger partial charge >= 0.3 is 0 Å². The molecule has 1 heteroatoms. The fourth-order valence-corrected chi connectivity index (χ4v) is 5.66. The SMILES string of the molecule is CC1(C)C=CC=C2C=c3cc4c(cc3=C21)c1ccccc1c1cccc(Br)c14. The summed E-state index contributed by atoms with van der Waals surface area (Å²) in [5.41, 5.74) is 2.85. The molecule has 6 rings (SSSR count). The Morgan fingerprint density at radius 1 is 0.786 bits per heavy atom. The van der Waals surface area contributed by atoms with Crippen LogP contribution in [0.5, 0.6) is 0 Å². The standard InChI is InChI=1S/C27H19Br/c1-27(2)12-6-7-16-13-17-14-23-22(15-21(17)26(16)27)19-9-4-3-8-18(19)20-10-5-11-24(28)25(20)23/h3-15H,1-2H3. The quantitative estimate of drug-likeness (QED) is 0.288. The fraction of sp³-hybridized carbons (Fsp3) is 0.111. The highest BCUT2D eigenvalue weighted by molar-refractivity contribution is 9.10. The van der Waals surface area contributed by atoms with Gasteiger partial charge in [-0.25, -0.2) is 0 Å². The van der Waals surface area contributed by atoms with Gasteiger partial charge in [-0.3, -0.25) is 0 Å². The van der Waals surface area contributed by atoms with E-state index in [1.54, 1.807) is 0 Å². The molecule has 2 aliphatic rings. The maximum atomic E-state index is 3.83.